The van der Waals surface area contributed by atoms with Gasteiger partial charge in [-0.25, -0.2) is 4.79 Å². The van der Waals surface area contributed by atoms with E-state index in [9.17, 15) is 4.79 Å². The number of methoxy groups -OCH3 is 2. The van der Waals surface area contributed by atoms with Crippen molar-refractivity contribution in [1.29, 1.82) is 0 Å². The van der Waals surface area contributed by atoms with Crippen LogP contribution in [-0.2, 0) is 4.74 Å². The Bertz CT molecular complexity index is 1090. The van der Waals surface area contributed by atoms with Crippen LogP contribution >= 0.6 is 15.8 Å². The Morgan fingerprint density at radius 2 is 1.21 bits per heavy atom. The van der Waals surface area contributed by atoms with Crippen LogP contribution in [0.5, 0.6) is 11.5 Å². The normalized spacial score (nSPS) is 22.3. The highest BCUT2D eigenvalue weighted by atomic mass is 31.1. The number of nitrogens with zero attached hydrogens (tertiary/aromatic N) is 1. The van der Waals surface area contributed by atoms with Gasteiger partial charge in [-0.15, -0.1) is 0 Å². The van der Waals surface area contributed by atoms with Gasteiger partial charge in [-0.3, -0.25) is 0 Å². The molecule has 5 nitrogen and oxygen atoms in total. The molecule has 0 spiro atoms. The first kappa shape index (κ1) is 32.6. The van der Waals surface area contributed by atoms with E-state index in [0.29, 0.717) is 5.66 Å². The molecule has 3 fully saturated rings. The molecule has 2 saturated carbocycles. The van der Waals surface area contributed by atoms with Crippen LogP contribution in [0.2, 0.25) is 0 Å². The molecule has 0 N–H and O–H groups in total. The number of hydrogen-bond acceptors (Lipinski definition) is 4. The molecule has 7 heteroatoms. The maximum Gasteiger partial charge on any atom is 0.410 e. The van der Waals surface area contributed by atoms with Gasteiger partial charge in [-0.05, 0) is 119 Å². The number of benzene rings is 2. The van der Waals surface area contributed by atoms with E-state index < -0.39 is 13.5 Å². The van der Waals surface area contributed by atoms with Crippen molar-refractivity contribution in [1.82, 2.24) is 4.90 Å². The average molecular weight is 626 g/mol. The van der Waals surface area contributed by atoms with Gasteiger partial charge in [-0.2, -0.15) is 0 Å². The van der Waals surface area contributed by atoms with Crippen molar-refractivity contribution in [2.45, 2.75) is 120 Å². The van der Waals surface area contributed by atoms with Crippen LogP contribution in [0.1, 0.15) is 91.4 Å². The van der Waals surface area contributed by atoms with Crippen molar-refractivity contribution in [2.24, 2.45) is 0 Å². The first-order chi connectivity index (χ1) is 20.8. The number of ether oxygens (including phenoxy) is 3. The highest BCUT2D eigenvalue weighted by Crippen LogP contribution is 2.61. The zero-order chi connectivity index (χ0) is 30.4. The van der Waals surface area contributed by atoms with Crippen molar-refractivity contribution in [3.63, 3.8) is 0 Å². The fourth-order valence-electron chi connectivity index (χ4n) is 7.57. The van der Waals surface area contributed by atoms with E-state index in [1.165, 1.54) is 74.8 Å². The van der Waals surface area contributed by atoms with Gasteiger partial charge in [-0.1, -0.05) is 70.7 Å². The van der Waals surface area contributed by atoms with Crippen LogP contribution in [-0.4, -0.2) is 66.5 Å². The van der Waals surface area contributed by atoms with Gasteiger partial charge in [0.1, 0.15) is 17.1 Å². The predicted molar refractivity (Wildman–Crippen MR) is 183 cm³/mol. The number of carbonyl (C=O) groups is 1. The summed E-state index contributed by atoms with van der Waals surface area (Å²) in [4.78, 5) is 16.1. The third kappa shape index (κ3) is 8.46. The van der Waals surface area contributed by atoms with Gasteiger partial charge in [0, 0.05) is 12.6 Å². The molecule has 43 heavy (non-hydrogen) atoms. The second-order valence-electron chi connectivity index (χ2n) is 13.7. The molecule has 2 atom stereocenters. The smallest absolute Gasteiger partial charge is 0.410 e. The fraction of sp³-hybridized carbons (Fsp3) is 0.639. The van der Waals surface area contributed by atoms with E-state index >= 15 is 0 Å². The van der Waals surface area contributed by atoms with Crippen molar-refractivity contribution in [2.75, 3.05) is 26.9 Å². The summed E-state index contributed by atoms with van der Waals surface area (Å²) in [6, 6.07) is 17.3. The van der Waals surface area contributed by atoms with Gasteiger partial charge in [0.15, 0.2) is 0 Å². The highest BCUT2D eigenvalue weighted by Gasteiger charge is 2.45. The van der Waals surface area contributed by atoms with Crippen molar-refractivity contribution < 1.29 is 19.0 Å². The first-order valence-electron chi connectivity index (χ1n) is 16.6. The summed E-state index contributed by atoms with van der Waals surface area (Å²) >= 11 is 0. The van der Waals surface area contributed by atoms with E-state index in [1.807, 2.05) is 20.8 Å². The predicted octanol–water partition coefficient (Wildman–Crippen LogP) is 8.66. The van der Waals surface area contributed by atoms with Gasteiger partial charge in [0.05, 0.1) is 14.2 Å². The molecule has 2 aromatic rings. The zero-order valence-electron chi connectivity index (χ0n) is 27.1. The highest BCUT2D eigenvalue weighted by molar-refractivity contribution is 7.73. The third-order valence-electron chi connectivity index (χ3n) is 9.60. The molecular weight excluding hydrogens is 572 g/mol. The standard InChI is InChI=1S/C36H53NO4P2/c1-36(2,3)41-35(38)37-25-34(43(32-12-8-6-9-13-32)33-14-10-7-11-15-33)24-27(37)26-42(30-20-16-28(39-4)17-21-30)31-22-18-29(40-5)19-23-31/h16-23,27,32-34H,6-15,24-26H2,1-5H3/t27-,34-/m0/s1. The molecule has 0 radical (unpaired) electrons. The van der Waals surface area contributed by atoms with E-state index in [1.54, 1.807) is 14.2 Å². The summed E-state index contributed by atoms with van der Waals surface area (Å²) in [5.41, 5.74) is 1.86. The Labute approximate surface area is 262 Å². The Balaban J connectivity index is 1.47. The molecule has 1 aliphatic heterocycles. The van der Waals surface area contributed by atoms with E-state index in [2.05, 4.69) is 53.4 Å². The summed E-state index contributed by atoms with van der Waals surface area (Å²) in [6.07, 6.45) is 15.9. The van der Waals surface area contributed by atoms with Gasteiger partial charge >= 0.3 is 6.09 Å². The Hall–Kier alpha value is -1.83. The Morgan fingerprint density at radius 3 is 1.63 bits per heavy atom. The van der Waals surface area contributed by atoms with Crippen LogP contribution in [0.4, 0.5) is 4.79 Å². The minimum absolute atomic E-state index is 0.123. The van der Waals surface area contributed by atoms with Crippen molar-refractivity contribution >= 4 is 32.5 Å². The van der Waals surface area contributed by atoms with Crippen LogP contribution in [0.15, 0.2) is 48.5 Å². The zero-order valence-corrected chi connectivity index (χ0v) is 28.9. The van der Waals surface area contributed by atoms with Gasteiger partial charge in [0.2, 0.25) is 0 Å². The average Bonchev–Trinajstić information content (AvgIpc) is 3.44. The number of carbonyl (C=O) groups excluding carboxylic acids is 1. The second-order valence-corrected chi connectivity index (χ2v) is 19.1. The molecule has 2 aliphatic carbocycles. The lowest BCUT2D eigenvalue weighted by atomic mass is 9.99. The van der Waals surface area contributed by atoms with Crippen molar-refractivity contribution in [3.8, 4) is 11.5 Å². The number of likely N-dealkylation sites (tertiary alicyclic amines) is 1. The summed E-state index contributed by atoms with van der Waals surface area (Å²) in [5, 5.41) is 2.63. The van der Waals surface area contributed by atoms with E-state index in [4.69, 9.17) is 14.2 Å². The lowest BCUT2D eigenvalue weighted by molar-refractivity contribution is 0.0242. The minimum atomic E-state index is -0.702. The molecule has 2 aromatic carbocycles. The molecule has 1 heterocycles. The molecule has 1 amide bonds. The SMILES string of the molecule is COc1ccc(P(C[C@@H]2C[C@H](P(C3CCCCC3)C3CCCCC3)CN2C(=O)OC(C)(C)C)c2ccc(OC)cc2)cc1. The summed E-state index contributed by atoms with van der Waals surface area (Å²) in [7, 11) is 2.60. The lowest BCUT2D eigenvalue weighted by Gasteiger charge is -2.42. The molecule has 3 aliphatic rings. The lowest BCUT2D eigenvalue weighted by Crippen LogP contribution is -2.42. The fourth-order valence-corrected chi connectivity index (χ4v) is 14.6. The first-order valence-corrected chi connectivity index (χ1v) is 19.7. The minimum Gasteiger partial charge on any atom is -0.497 e. The molecular formula is C36H53NO4P2. The van der Waals surface area contributed by atoms with Crippen LogP contribution in [0, 0.1) is 0 Å². The molecule has 0 unspecified atom stereocenters. The van der Waals surface area contributed by atoms with Crippen molar-refractivity contribution in [3.05, 3.63) is 48.5 Å². The monoisotopic (exact) mass is 625 g/mol. The number of amides is 1. The van der Waals surface area contributed by atoms with Gasteiger partial charge in [0.25, 0.3) is 0 Å². The Morgan fingerprint density at radius 1 is 0.744 bits per heavy atom. The third-order valence-corrected chi connectivity index (χ3v) is 16.2. The number of hydrogen-bond donors (Lipinski definition) is 0. The molecule has 236 valence electrons. The van der Waals surface area contributed by atoms with E-state index in [-0.39, 0.29) is 20.1 Å². The Kier molecular flexibility index (Phi) is 11.3. The maximum absolute atomic E-state index is 13.9. The van der Waals surface area contributed by atoms with E-state index in [0.717, 1.165) is 41.9 Å². The number of rotatable bonds is 9. The second kappa shape index (κ2) is 15.0. The van der Waals surface area contributed by atoms with Crippen LogP contribution < -0.4 is 20.1 Å². The van der Waals surface area contributed by atoms with Gasteiger partial charge < -0.3 is 19.1 Å². The molecule has 0 bridgehead atoms. The van der Waals surface area contributed by atoms with Crippen LogP contribution in [0.3, 0.4) is 0 Å². The molecule has 0 aromatic heterocycles. The van der Waals surface area contributed by atoms with Crippen LogP contribution in [0.25, 0.3) is 0 Å². The summed E-state index contributed by atoms with van der Waals surface area (Å²) in [6.45, 7) is 6.84. The maximum atomic E-state index is 13.9. The largest absolute Gasteiger partial charge is 0.497 e. The molecule has 5 rings (SSSR count). The topological polar surface area (TPSA) is 48.0 Å². The molecule has 1 saturated heterocycles. The summed E-state index contributed by atoms with van der Waals surface area (Å²) in [5.74, 6) is 1.74. The quantitative estimate of drug-likeness (QED) is 0.262. The summed E-state index contributed by atoms with van der Waals surface area (Å²) < 4.78 is 17.1.